The van der Waals surface area contributed by atoms with Crippen LogP contribution in [0.5, 0.6) is 0 Å². The van der Waals surface area contributed by atoms with E-state index in [9.17, 15) is 5.11 Å². The van der Waals surface area contributed by atoms with Gasteiger partial charge in [0.2, 0.25) is 0 Å². The van der Waals surface area contributed by atoms with Gasteiger partial charge in [-0.15, -0.1) is 0 Å². The molecule has 4 heteroatoms. The van der Waals surface area contributed by atoms with Crippen LogP contribution in [0.15, 0.2) is 24.3 Å². The first kappa shape index (κ1) is 16.6. The van der Waals surface area contributed by atoms with E-state index in [2.05, 4.69) is 37.1 Å². The first-order valence-electron chi connectivity index (χ1n) is 7.24. The van der Waals surface area contributed by atoms with E-state index in [4.69, 9.17) is 5.26 Å². The van der Waals surface area contributed by atoms with Crippen LogP contribution in [0.1, 0.15) is 38.0 Å². The molecule has 0 heterocycles. The van der Waals surface area contributed by atoms with Crippen LogP contribution in [0.25, 0.3) is 0 Å². The monoisotopic (exact) mass is 275 g/mol. The Balaban J connectivity index is 2.42. The van der Waals surface area contributed by atoms with Gasteiger partial charge in [-0.05, 0) is 37.7 Å². The van der Waals surface area contributed by atoms with Crippen molar-refractivity contribution in [2.24, 2.45) is 0 Å². The van der Waals surface area contributed by atoms with Crippen molar-refractivity contribution in [3.63, 3.8) is 0 Å². The number of aliphatic hydroxyl groups is 1. The molecule has 1 rings (SSSR count). The second-order valence-corrected chi connectivity index (χ2v) is 5.04. The number of hydrogen-bond donors (Lipinski definition) is 2. The molecule has 0 aliphatic heterocycles. The molecular formula is C16H25N3O. The van der Waals surface area contributed by atoms with Gasteiger partial charge in [-0.3, -0.25) is 0 Å². The van der Waals surface area contributed by atoms with Crippen molar-refractivity contribution >= 4 is 0 Å². The maximum absolute atomic E-state index is 10.1. The van der Waals surface area contributed by atoms with Crippen LogP contribution in [-0.4, -0.2) is 42.2 Å². The molecule has 2 N–H and O–H groups in total. The molecule has 0 radical (unpaired) electrons. The quantitative estimate of drug-likeness (QED) is 0.761. The summed E-state index contributed by atoms with van der Waals surface area (Å²) in [6.07, 6.45) is -0.540. The number of benzene rings is 1. The van der Waals surface area contributed by atoms with Crippen molar-refractivity contribution in [1.29, 1.82) is 5.26 Å². The lowest BCUT2D eigenvalue weighted by molar-refractivity contribution is 0.165. The number of nitrogens with one attached hydrogen (secondary N) is 1. The predicted octanol–water partition coefficient (Wildman–Crippen LogP) is 1.91. The van der Waals surface area contributed by atoms with Gasteiger partial charge in [-0.1, -0.05) is 26.0 Å². The molecule has 20 heavy (non-hydrogen) atoms. The van der Waals surface area contributed by atoms with Crippen LogP contribution in [-0.2, 0) is 0 Å². The van der Waals surface area contributed by atoms with Gasteiger partial charge in [-0.25, -0.2) is 0 Å². The second-order valence-electron chi connectivity index (χ2n) is 5.04. The molecular weight excluding hydrogens is 250 g/mol. The molecule has 110 valence electrons. The number of nitrogens with zero attached hydrogens (tertiary/aromatic N) is 2. The zero-order valence-corrected chi connectivity index (χ0v) is 12.6. The van der Waals surface area contributed by atoms with E-state index in [1.54, 1.807) is 24.3 Å². The normalized spacial score (nSPS) is 14.0. The largest absolute Gasteiger partial charge is 0.387 e. The Hall–Kier alpha value is -1.41. The molecule has 0 aliphatic rings. The Kier molecular flexibility index (Phi) is 7.24. The highest BCUT2D eigenvalue weighted by Crippen LogP contribution is 2.12. The van der Waals surface area contributed by atoms with Crippen LogP contribution >= 0.6 is 0 Å². The molecule has 0 aliphatic carbocycles. The Morgan fingerprint density at radius 2 is 1.85 bits per heavy atom. The Bertz CT molecular complexity index is 420. The SMILES string of the molecule is CCN(CC)CC(C)NCC(O)c1ccc(C#N)cc1. The molecule has 0 bridgehead atoms. The average Bonchev–Trinajstić information content (AvgIpc) is 2.50. The van der Waals surface area contributed by atoms with Crippen molar-refractivity contribution in [3.05, 3.63) is 35.4 Å². The Morgan fingerprint density at radius 3 is 2.35 bits per heavy atom. The minimum absolute atomic E-state index is 0.336. The highest BCUT2D eigenvalue weighted by Gasteiger charge is 2.11. The van der Waals surface area contributed by atoms with E-state index in [0.717, 1.165) is 25.2 Å². The van der Waals surface area contributed by atoms with Gasteiger partial charge in [0.05, 0.1) is 17.7 Å². The number of aliphatic hydroxyl groups excluding tert-OH is 1. The number of hydrogen-bond acceptors (Lipinski definition) is 4. The van der Waals surface area contributed by atoms with Crippen LogP contribution in [0.3, 0.4) is 0 Å². The predicted molar refractivity (Wildman–Crippen MR) is 81.4 cm³/mol. The topological polar surface area (TPSA) is 59.3 Å². The van der Waals surface area contributed by atoms with Crippen molar-refractivity contribution in [2.75, 3.05) is 26.2 Å². The fourth-order valence-electron chi connectivity index (χ4n) is 2.14. The third kappa shape index (κ3) is 5.30. The Labute approximate surface area is 122 Å². The third-order valence-electron chi connectivity index (χ3n) is 3.51. The molecule has 1 aromatic rings. The lowest BCUT2D eigenvalue weighted by Crippen LogP contribution is -2.40. The van der Waals surface area contributed by atoms with Gasteiger partial charge in [0.15, 0.2) is 0 Å². The van der Waals surface area contributed by atoms with Crippen LogP contribution in [0.2, 0.25) is 0 Å². The number of rotatable bonds is 8. The minimum atomic E-state index is -0.540. The summed E-state index contributed by atoms with van der Waals surface area (Å²) in [5.41, 5.74) is 1.45. The van der Waals surface area contributed by atoms with Gasteiger partial charge >= 0.3 is 0 Å². The van der Waals surface area contributed by atoms with E-state index >= 15 is 0 Å². The van der Waals surface area contributed by atoms with Gasteiger partial charge in [0.1, 0.15) is 0 Å². The summed E-state index contributed by atoms with van der Waals surface area (Å²) < 4.78 is 0. The number of nitriles is 1. The maximum atomic E-state index is 10.1. The minimum Gasteiger partial charge on any atom is -0.387 e. The van der Waals surface area contributed by atoms with Crippen LogP contribution in [0.4, 0.5) is 0 Å². The molecule has 0 saturated carbocycles. The molecule has 2 atom stereocenters. The van der Waals surface area contributed by atoms with E-state index in [1.165, 1.54) is 0 Å². The highest BCUT2D eigenvalue weighted by molar-refractivity contribution is 5.32. The molecule has 0 fully saturated rings. The lowest BCUT2D eigenvalue weighted by Gasteiger charge is -2.24. The fourth-order valence-corrected chi connectivity index (χ4v) is 2.14. The molecule has 0 saturated heterocycles. The summed E-state index contributed by atoms with van der Waals surface area (Å²) in [7, 11) is 0. The van der Waals surface area contributed by atoms with Crippen LogP contribution in [0, 0.1) is 11.3 Å². The standard InChI is InChI=1S/C16H25N3O/c1-4-19(5-2)12-13(3)18-11-16(20)15-8-6-14(10-17)7-9-15/h6-9,13,16,18,20H,4-5,11-12H2,1-3H3. The summed E-state index contributed by atoms with van der Waals surface area (Å²) in [4.78, 5) is 2.35. The zero-order valence-electron chi connectivity index (χ0n) is 12.6. The summed E-state index contributed by atoms with van der Waals surface area (Å²) >= 11 is 0. The van der Waals surface area contributed by atoms with E-state index in [0.29, 0.717) is 18.2 Å². The van der Waals surface area contributed by atoms with E-state index in [1.807, 2.05) is 0 Å². The van der Waals surface area contributed by atoms with Crippen LogP contribution < -0.4 is 5.32 Å². The van der Waals surface area contributed by atoms with Gasteiger partial charge in [0.25, 0.3) is 0 Å². The summed E-state index contributed by atoms with van der Waals surface area (Å²) in [6, 6.07) is 9.49. The average molecular weight is 275 g/mol. The van der Waals surface area contributed by atoms with E-state index < -0.39 is 6.10 Å². The van der Waals surface area contributed by atoms with Crippen molar-refractivity contribution in [2.45, 2.75) is 32.9 Å². The van der Waals surface area contributed by atoms with Gasteiger partial charge in [-0.2, -0.15) is 5.26 Å². The fraction of sp³-hybridized carbons (Fsp3) is 0.562. The molecule has 0 amide bonds. The molecule has 0 spiro atoms. The van der Waals surface area contributed by atoms with E-state index in [-0.39, 0.29) is 0 Å². The summed E-state index contributed by atoms with van der Waals surface area (Å²) in [5, 5.41) is 22.2. The molecule has 0 aromatic heterocycles. The van der Waals surface area contributed by atoms with Crippen molar-refractivity contribution in [1.82, 2.24) is 10.2 Å². The first-order chi connectivity index (χ1) is 9.60. The molecule has 2 unspecified atom stereocenters. The summed E-state index contributed by atoms with van der Waals surface area (Å²) in [5.74, 6) is 0. The Morgan fingerprint density at radius 1 is 1.25 bits per heavy atom. The molecule has 4 nitrogen and oxygen atoms in total. The van der Waals surface area contributed by atoms with Crippen molar-refractivity contribution < 1.29 is 5.11 Å². The smallest absolute Gasteiger partial charge is 0.0991 e. The first-order valence-corrected chi connectivity index (χ1v) is 7.24. The van der Waals surface area contributed by atoms with Gasteiger partial charge in [0, 0.05) is 19.1 Å². The lowest BCUT2D eigenvalue weighted by atomic mass is 10.1. The van der Waals surface area contributed by atoms with Crippen molar-refractivity contribution in [3.8, 4) is 6.07 Å². The van der Waals surface area contributed by atoms with Gasteiger partial charge < -0.3 is 15.3 Å². The maximum Gasteiger partial charge on any atom is 0.0991 e. The highest BCUT2D eigenvalue weighted by atomic mass is 16.3. The third-order valence-corrected chi connectivity index (χ3v) is 3.51. The zero-order chi connectivity index (χ0) is 15.0. The second kappa shape index (κ2) is 8.70. The molecule has 1 aromatic carbocycles. The summed E-state index contributed by atoms with van der Waals surface area (Å²) in [6.45, 7) is 10.0. The number of likely N-dealkylation sites (N-methyl/N-ethyl adjacent to an activating group) is 1.